The van der Waals surface area contributed by atoms with Crippen molar-refractivity contribution in [2.45, 2.75) is 39.7 Å². The summed E-state index contributed by atoms with van der Waals surface area (Å²) in [6.07, 6.45) is 3.91. The van der Waals surface area contributed by atoms with Crippen molar-refractivity contribution in [3.63, 3.8) is 0 Å². The molecule has 1 aliphatic carbocycles. The van der Waals surface area contributed by atoms with Crippen LogP contribution < -0.4 is 5.32 Å². The first kappa shape index (κ1) is 11.7. The maximum absolute atomic E-state index is 11.5. The summed E-state index contributed by atoms with van der Waals surface area (Å²) < 4.78 is 0. The summed E-state index contributed by atoms with van der Waals surface area (Å²) in [4.78, 5) is 15.5. The smallest absolute Gasteiger partial charge is 0.251 e. The van der Waals surface area contributed by atoms with Gasteiger partial charge in [0.05, 0.1) is 0 Å². The number of nitrogens with one attached hydrogen (secondary N) is 1. The van der Waals surface area contributed by atoms with Crippen molar-refractivity contribution in [2.24, 2.45) is 0 Å². The van der Waals surface area contributed by atoms with Crippen LogP contribution in [0.4, 0.5) is 0 Å². The van der Waals surface area contributed by atoms with E-state index in [1.54, 1.807) is 18.3 Å². The third-order valence-electron chi connectivity index (χ3n) is 2.07. The highest BCUT2D eigenvalue weighted by molar-refractivity contribution is 5.94. The molecule has 2 rings (SSSR count). The van der Waals surface area contributed by atoms with Gasteiger partial charge in [-0.2, -0.15) is 0 Å². The van der Waals surface area contributed by atoms with Gasteiger partial charge in [-0.25, -0.2) is 0 Å². The molecule has 1 saturated carbocycles. The molecule has 3 heteroatoms. The van der Waals surface area contributed by atoms with Crippen LogP contribution in [0.1, 0.15) is 42.7 Å². The minimum atomic E-state index is 0.0213. The molecule has 1 aliphatic rings. The van der Waals surface area contributed by atoms with Crippen LogP contribution in [0.5, 0.6) is 0 Å². The number of rotatable bonds is 2. The molecule has 0 unspecified atom stereocenters. The maximum atomic E-state index is 11.5. The molecule has 1 N–H and O–H groups in total. The van der Waals surface area contributed by atoms with Crippen molar-refractivity contribution in [2.75, 3.05) is 0 Å². The van der Waals surface area contributed by atoms with Gasteiger partial charge in [0.15, 0.2) is 0 Å². The monoisotopic (exact) mass is 206 g/mol. The van der Waals surface area contributed by atoms with Crippen LogP contribution in [0.25, 0.3) is 0 Å². The molecule has 1 aromatic heterocycles. The number of hydrogen-bond acceptors (Lipinski definition) is 2. The molecule has 0 radical (unpaired) electrons. The van der Waals surface area contributed by atoms with E-state index in [9.17, 15) is 4.79 Å². The molecule has 1 aromatic rings. The van der Waals surface area contributed by atoms with Crippen molar-refractivity contribution < 1.29 is 4.79 Å². The Morgan fingerprint density at radius 2 is 2.13 bits per heavy atom. The van der Waals surface area contributed by atoms with Crippen molar-refractivity contribution in [1.82, 2.24) is 10.3 Å². The second-order valence-corrected chi connectivity index (χ2v) is 3.43. The van der Waals surface area contributed by atoms with Crippen LogP contribution >= 0.6 is 0 Å². The zero-order chi connectivity index (χ0) is 11.3. The Hall–Kier alpha value is -1.38. The normalized spacial score (nSPS) is 13.8. The van der Waals surface area contributed by atoms with Crippen LogP contribution in [-0.4, -0.2) is 16.9 Å². The first-order valence-electron chi connectivity index (χ1n) is 5.49. The molecular formula is C12H18N2O. The Morgan fingerprint density at radius 1 is 1.47 bits per heavy atom. The summed E-state index contributed by atoms with van der Waals surface area (Å²) >= 11 is 0. The molecule has 15 heavy (non-hydrogen) atoms. The molecule has 0 aromatic carbocycles. The SMILES string of the molecule is CC.Cc1cc(C(=O)NC2CC2)ccn1. The highest BCUT2D eigenvalue weighted by Crippen LogP contribution is 2.19. The van der Waals surface area contributed by atoms with Gasteiger partial charge in [-0.1, -0.05) is 13.8 Å². The topological polar surface area (TPSA) is 42.0 Å². The van der Waals surface area contributed by atoms with Crippen molar-refractivity contribution in [3.05, 3.63) is 29.6 Å². The largest absolute Gasteiger partial charge is 0.349 e. The van der Waals surface area contributed by atoms with Crippen molar-refractivity contribution in [3.8, 4) is 0 Å². The van der Waals surface area contributed by atoms with E-state index in [1.165, 1.54) is 0 Å². The van der Waals surface area contributed by atoms with Gasteiger partial charge < -0.3 is 5.32 Å². The molecule has 1 heterocycles. The van der Waals surface area contributed by atoms with Gasteiger partial charge in [-0.15, -0.1) is 0 Å². The van der Waals surface area contributed by atoms with Gasteiger partial charge in [-0.3, -0.25) is 9.78 Å². The summed E-state index contributed by atoms with van der Waals surface area (Å²) in [5.74, 6) is 0.0213. The average Bonchev–Trinajstić information content (AvgIpc) is 3.05. The van der Waals surface area contributed by atoms with Gasteiger partial charge in [-0.05, 0) is 31.9 Å². The number of carbonyl (C=O) groups is 1. The first-order valence-corrected chi connectivity index (χ1v) is 5.49. The standard InChI is InChI=1S/C10H12N2O.C2H6/c1-7-6-8(4-5-11-7)10(13)12-9-2-3-9;1-2/h4-6,9H,2-3H2,1H3,(H,12,13);1-2H3. The molecule has 3 nitrogen and oxygen atoms in total. The Labute approximate surface area is 90.9 Å². The van der Waals surface area contributed by atoms with Crippen LogP contribution in [0.3, 0.4) is 0 Å². The first-order chi connectivity index (χ1) is 7.25. The van der Waals surface area contributed by atoms with E-state index in [4.69, 9.17) is 0 Å². The lowest BCUT2D eigenvalue weighted by Gasteiger charge is -2.02. The fraction of sp³-hybridized carbons (Fsp3) is 0.500. The van der Waals surface area contributed by atoms with Gasteiger partial charge in [0.25, 0.3) is 5.91 Å². The highest BCUT2D eigenvalue weighted by atomic mass is 16.1. The molecule has 1 amide bonds. The van der Waals surface area contributed by atoms with E-state index < -0.39 is 0 Å². The summed E-state index contributed by atoms with van der Waals surface area (Å²) in [6, 6.07) is 3.96. The molecule has 0 saturated heterocycles. The lowest BCUT2D eigenvalue weighted by Crippen LogP contribution is -2.25. The van der Waals surface area contributed by atoms with Gasteiger partial charge in [0.2, 0.25) is 0 Å². The number of carbonyl (C=O) groups excluding carboxylic acids is 1. The minimum Gasteiger partial charge on any atom is -0.349 e. The zero-order valence-electron chi connectivity index (χ0n) is 9.58. The Morgan fingerprint density at radius 3 is 2.67 bits per heavy atom. The third kappa shape index (κ3) is 3.70. The predicted octanol–water partition coefficient (Wildman–Crippen LogP) is 2.31. The van der Waals surface area contributed by atoms with Crippen LogP contribution in [0.2, 0.25) is 0 Å². The van der Waals surface area contributed by atoms with Gasteiger partial charge in [0.1, 0.15) is 0 Å². The van der Waals surface area contributed by atoms with E-state index in [-0.39, 0.29) is 5.91 Å². The lowest BCUT2D eigenvalue weighted by molar-refractivity contribution is 0.0951. The maximum Gasteiger partial charge on any atom is 0.251 e. The number of amides is 1. The number of pyridine rings is 1. The molecular weight excluding hydrogens is 188 g/mol. The van der Waals surface area contributed by atoms with E-state index in [0.717, 1.165) is 18.5 Å². The third-order valence-corrected chi connectivity index (χ3v) is 2.07. The van der Waals surface area contributed by atoms with Crippen LogP contribution in [0.15, 0.2) is 18.3 Å². The summed E-state index contributed by atoms with van der Waals surface area (Å²) in [6.45, 7) is 5.88. The van der Waals surface area contributed by atoms with Gasteiger partial charge >= 0.3 is 0 Å². The van der Waals surface area contributed by atoms with Crippen molar-refractivity contribution >= 4 is 5.91 Å². The molecule has 82 valence electrons. The van der Waals surface area contributed by atoms with Crippen molar-refractivity contribution in [1.29, 1.82) is 0 Å². The predicted molar refractivity (Wildman–Crippen MR) is 60.8 cm³/mol. The lowest BCUT2D eigenvalue weighted by atomic mass is 10.2. The van der Waals surface area contributed by atoms with E-state index >= 15 is 0 Å². The average molecular weight is 206 g/mol. The number of aryl methyl sites for hydroxylation is 1. The fourth-order valence-electron chi connectivity index (χ4n) is 1.18. The summed E-state index contributed by atoms with van der Waals surface area (Å²) in [7, 11) is 0. The number of nitrogens with zero attached hydrogens (tertiary/aromatic N) is 1. The van der Waals surface area contributed by atoms with Gasteiger partial charge in [0, 0.05) is 23.5 Å². The quantitative estimate of drug-likeness (QED) is 0.806. The van der Waals surface area contributed by atoms with E-state index in [0.29, 0.717) is 11.6 Å². The fourth-order valence-corrected chi connectivity index (χ4v) is 1.18. The molecule has 0 bridgehead atoms. The van der Waals surface area contributed by atoms with Crippen LogP contribution in [-0.2, 0) is 0 Å². The molecule has 0 aliphatic heterocycles. The highest BCUT2D eigenvalue weighted by Gasteiger charge is 2.23. The summed E-state index contributed by atoms with van der Waals surface area (Å²) in [5.41, 5.74) is 1.59. The molecule has 1 fully saturated rings. The van der Waals surface area contributed by atoms with E-state index in [2.05, 4.69) is 10.3 Å². The Balaban J connectivity index is 0.000000531. The zero-order valence-corrected chi connectivity index (χ0v) is 9.58. The Kier molecular flexibility index (Phi) is 4.28. The molecule has 0 spiro atoms. The minimum absolute atomic E-state index is 0.0213. The molecule has 0 atom stereocenters. The number of hydrogen-bond donors (Lipinski definition) is 1. The second-order valence-electron chi connectivity index (χ2n) is 3.43. The number of aromatic nitrogens is 1. The van der Waals surface area contributed by atoms with E-state index in [1.807, 2.05) is 20.8 Å². The Bertz CT molecular complexity index is 332. The van der Waals surface area contributed by atoms with Crippen LogP contribution in [0, 0.1) is 6.92 Å². The second kappa shape index (κ2) is 5.49. The summed E-state index contributed by atoms with van der Waals surface area (Å²) in [5, 5.41) is 2.93.